The molecule has 1 aromatic rings. The summed E-state index contributed by atoms with van der Waals surface area (Å²) >= 11 is 0. The fourth-order valence-corrected chi connectivity index (χ4v) is 2.01. The summed E-state index contributed by atoms with van der Waals surface area (Å²) < 4.78 is 0. The molecule has 2 rings (SSSR count). The van der Waals surface area contributed by atoms with Crippen molar-refractivity contribution in [3.8, 4) is 0 Å². The van der Waals surface area contributed by atoms with E-state index in [4.69, 9.17) is 0 Å². The lowest BCUT2D eigenvalue weighted by Crippen LogP contribution is -2.12. The highest BCUT2D eigenvalue weighted by Crippen LogP contribution is 2.30. The Bertz CT molecular complexity index is 326. The van der Waals surface area contributed by atoms with Crippen molar-refractivity contribution in [2.24, 2.45) is 0 Å². The first-order valence-electron chi connectivity index (χ1n) is 4.91. The Morgan fingerprint density at radius 3 is 2.77 bits per heavy atom. The Labute approximate surface area is 77.2 Å². The van der Waals surface area contributed by atoms with Crippen LogP contribution in [-0.4, -0.2) is 9.97 Å². The van der Waals surface area contributed by atoms with Crippen molar-refractivity contribution in [1.29, 1.82) is 0 Å². The highest BCUT2D eigenvalue weighted by Gasteiger charge is 2.16. The predicted octanol–water partition coefficient (Wildman–Crippen LogP) is 1.82. The molecule has 1 N–H and O–H groups in total. The Hall–Kier alpha value is -1.12. The summed E-state index contributed by atoms with van der Waals surface area (Å²) in [5, 5.41) is 0. The lowest BCUT2D eigenvalue weighted by molar-refractivity contribution is 0.436. The number of nitrogens with zero attached hydrogens (tertiary/aromatic N) is 1. The summed E-state index contributed by atoms with van der Waals surface area (Å²) in [5.41, 5.74) is 0.944. The summed E-state index contributed by atoms with van der Waals surface area (Å²) in [6.45, 7) is 0. The van der Waals surface area contributed by atoms with Crippen LogP contribution in [0.5, 0.6) is 0 Å². The highest BCUT2D eigenvalue weighted by atomic mass is 16.1. The lowest BCUT2D eigenvalue weighted by atomic mass is 9.87. The maximum absolute atomic E-state index is 11.0. The van der Waals surface area contributed by atoms with E-state index in [1.807, 2.05) is 0 Å². The van der Waals surface area contributed by atoms with Gasteiger partial charge < -0.3 is 4.98 Å². The standard InChI is InChI=1S/C10H14N2O/c13-10-6-9(11-7-12-10)8-4-2-1-3-5-8/h6-8H,1-5H2,(H,11,12,13). The van der Waals surface area contributed by atoms with E-state index < -0.39 is 0 Å². The molecule has 3 heteroatoms. The molecule has 0 saturated heterocycles. The molecule has 1 heterocycles. The quantitative estimate of drug-likeness (QED) is 0.713. The van der Waals surface area contributed by atoms with E-state index >= 15 is 0 Å². The number of nitrogens with one attached hydrogen (secondary N) is 1. The van der Waals surface area contributed by atoms with Gasteiger partial charge in [-0.1, -0.05) is 19.3 Å². The molecule has 1 saturated carbocycles. The Morgan fingerprint density at radius 2 is 2.08 bits per heavy atom. The average molecular weight is 178 g/mol. The van der Waals surface area contributed by atoms with Gasteiger partial charge in [-0.3, -0.25) is 4.79 Å². The zero-order valence-corrected chi connectivity index (χ0v) is 7.62. The van der Waals surface area contributed by atoms with E-state index in [-0.39, 0.29) is 5.56 Å². The first-order valence-corrected chi connectivity index (χ1v) is 4.91. The lowest BCUT2D eigenvalue weighted by Gasteiger charge is -2.20. The van der Waals surface area contributed by atoms with E-state index in [0.29, 0.717) is 5.92 Å². The van der Waals surface area contributed by atoms with Gasteiger partial charge in [-0.2, -0.15) is 0 Å². The van der Waals surface area contributed by atoms with E-state index in [0.717, 1.165) is 5.69 Å². The second-order valence-corrected chi connectivity index (χ2v) is 3.67. The minimum absolute atomic E-state index is 0.0319. The summed E-state index contributed by atoms with van der Waals surface area (Å²) in [7, 11) is 0. The van der Waals surface area contributed by atoms with Gasteiger partial charge in [0.1, 0.15) is 0 Å². The Kier molecular flexibility index (Phi) is 2.43. The molecule has 0 aromatic carbocycles. The summed E-state index contributed by atoms with van der Waals surface area (Å²) in [5.74, 6) is 0.524. The largest absolute Gasteiger partial charge is 0.313 e. The number of H-pyrrole nitrogens is 1. The molecular weight excluding hydrogens is 164 g/mol. The predicted molar refractivity (Wildman–Crippen MR) is 50.7 cm³/mol. The first kappa shape index (κ1) is 8.48. The molecule has 0 aliphatic heterocycles. The van der Waals surface area contributed by atoms with Crippen molar-refractivity contribution in [3.63, 3.8) is 0 Å². The van der Waals surface area contributed by atoms with E-state index in [1.54, 1.807) is 6.07 Å². The van der Waals surface area contributed by atoms with Crippen LogP contribution >= 0.6 is 0 Å². The van der Waals surface area contributed by atoms with E-state index in [2.05, 4.69) is 9.97 Å². The second kappa shape index (κ2) is 3.73. The van der Waals surface area contributed by atoms with Gasteiger partial charge in [0.05, 0.1) is 12.0 Å². The SMILES string of the molecule is O=c1cc(C2CCCCC2)nc[nH]1. The number of hydrogen-bond acceptors (Lipinski definition) is 2. The maximum atomic E-state index is 11.0. The smallest absolute Gasteiger partial charge is 0.250 e. The van der Waals surface area contributed by atoms with Gasteiger partial charge in [0.25, 0.3) is 5.56 Å². The molecule has 0 amide bonds. The molecule has 13 heavy (non-hydrogen) atoms. The average Bonchev–Trinajstić information content (AvgIpc) is 2.19. The summed E-state index contributed by atoms with van der Waals surface area (Å²) in [6, 6.07) is 1.63. The van der Waals surface area contributed by atoms with Crippen molar-refractivity contribution in [3.05, 3.63) is 28.4 Å². The second-order valence-electron chi connectivity index (χ2n) is 3.67. The van der Waals surface area contributed by atoms with Crippen LogP contribution in [0.3, 0.4) is 0 Å². The van der Waals surface area contributed by atoms with Gasteiger partial charge in [-0.15, -0.1) is 0 Å². The zero-order chi connectivity index (χ0) is 9.10. The monoisotopic (exact) mass is 178 g/mol. The third kappa shape index (κ3) is 1.97. The summed E-state index contributed by atoms with van der Waals surface area (Å²) in [6.07, 6.45) is 7.77. The van der Waals surface area contributed by atoms with Crippen LogP contribution in [0.4, 0.5) is 0 Å². The molecular formula is C10H14N2O. The number of aromatic amines is 1. The van der Waals surface area contributed by atoms with Gasteiger partial charge in [-0.25, -0.2) is 4.98 Å². The molecule has 0 radical (unpaired) electrons. The van der Waals surface area contributed by atoms with Gasteiger partial charge in [0.2, 0.25) is 0 Å². The Balaban J connectivity index is 2.19. The fraction of sp³-hybridized carbons (Fsp3) is 0.600. The molecule has 1 aliphatic carbocycles. The molecule has 1 aliphatic rings. The minimum Gasteiger partial charge on any atom is -0.313 e. The van der Waals surface area contributed by atoms with Crippen LogP contribution in [-0.2, 0) is 0 Å². The normalized spacial score (nSPS) is 18.8. The molecule has 0 atom stereocenters. The van der Waals surface area contributed by atoms with Crippen molar-refractivity contribution < 1.29 is 0 Å². The van der Waals surface area contributed by atoms with Gasteiger partial charge >= 0.3 is 0 Å². The number of hydrogen-bond donors (Lipinski definition) is 1. The third-order valence-electron chi connectivity index (χ3n) is 2.72. The van der Waals surface area contributed by atoms with Crippen LogP contribution in [0.2, 0.25) is 0 Å². The van der Waals surface area contributed by atoms with Gasteiger partial charge in [0, 0.05) is 12.0 Å². The maximum Gasteiger partial charge on any atom is 0.250 e. The molecule has 0 bridgehead atoms. The molecule has 0 spiro atoms. The number of aromatic nitrogens is 2. The first-order chi connectivity index (χ1) is 6.36. The van der Waals surface area contributed by atoms with Gasteiger partial charge in [0.15, 0.2) is 0 Å². The van der Waals surface area contributed by atoms with Crippen molar-refractivity contribution in [1.82, 2.24) is 9.97 Å². The van der Waals surface area contributed by atoms with Crippen molar-refractivity contribution >= 4 is 0 Å². The van der Waals surface area contributed by atoms with Crippen LogP contribution in [0.15, 0.2) is 17.2 Å². The van der Waals surface area contributed by atoms with Crippen LogP contribution in [0, 0.1) is 0 Å². The van der Waals surface area contributed by atoms with Gasteiger partial charge in [-0.05, 0) is 12.8 Å². The molecule has 1 aromatic heterocycles. The van der Waals surface area contributed by atoms with Crippen LogP contribution in [0.25, 0.3) is 0 Å². The van der Waals surface area contributed by atoms with Crippen LogP contribution < -0.4 is 5.56 Å². The van der Waals surface area contributed by atoms with E-state index in [9.17, 15) is 4.79 Å². The Morgan fingerprint density at radius 1 is 1.31 bits per heavy atom. The molecule has 0 unspecified atom stereocenters. The third-order valence-corrected chi connectivity index (χ3v) is 2.72. The van der Waals surface area contributed by atoms with Crippen LogP contribution in [0.1, 0.15) is 43.7 Å². The van der Waals surface area contributed by atoms with Crippen molar-refractivity contribution in [2.45, 2.75) is 38.0 Å². The highest BCUT2D eigenvalue weighted by molar-refractivity contribution is 5.06. The minimum atomic E-state index is -0.0319. The molecule has 3 nitrogen and oxygen atoms in total. The molecule has 70 valence electrons. The zero-order valence-electron chi connectivity index (χ0n) is 7.62. The number of rotatable bonds is 1. The van der Waals surface area contributed by atoms with Crippen molar-refractivity contribution in [2.75, 3.05) is 0 Å². The van der Waals surface area contributed by atoms with E-state index in [1.165, 1.54) is 38.4 Å². The molecule has 1 fully saturated rings. The summed E-state index contributed by atoms with van der Waals surface area (Å²) in [4.78, 5) is 17.8. The fourth-order valence-electron chi connectivity index (χ4n) is 2.01. The topological polar surface area (TPSA) is 45.8 Å².